The van der Waals surface area contributed by atoms with Crippen molar-refractivity contribution in [2.45, 2.75) is 48.2 Å². The molecule has 7 heteroatoms. The zero-order chi connectivity index (χ0) is 22.7. The quantitative estimate of drug-likeness (QED) is 0.510. The smallest absolute Gasteiger partial charge is 0.329 e. The monoisotopic (exact) mass is 448 g/mol. The summed E-state index contributed by atoms with van der Waals surface area (Å²) in [5.74, 6) is 0.795. The van der Waals surface area contributed by atoms with E-state index in [1.54, 1.807) is 35.8 Å². The Morgan fingerprint density at radius 3 is 2.59 bits per heavy atom. The van der Waals surface area contributed by atoms with Crippen molar-refractivity contribution in [2.24, 2.45) is 12.0 Å². The molecule has 0 N–H and O–H groups in total. The third kappa shape index (κ3) is 4.43. The third-order valence-corrected chi connectivity index (χ3v) is 6.81. The molecule has 1 atom stereocenters. The minimum absolute atomic E-state index is 0.00888. The second-order valence-electron chi connectivity index (χ2n) is 8.29. The van der Waals surface area contributed by atoms with E-state index < -0.39 is 5.54 Å². The summed E-state index contributed by atoms with van der Waals surface area (Å²) in [6.45, 7) is 4.09. The molecule has 3 aromatic rings. The summed E-state index contributed by atoms with van der Waals surface area (Å²) in [6.07, 6.45) is 11.0. The van der Waals surface area contributed by atoms with Gasteiger partial charge < -0.3 is 4.74 Å². The van der Waals surface area contributed by atoms with Gasteiger partial charge in [0.2, 0.25) is 0 Å². The van der Waals surface area contributed by atoms with Crippen LogP contribution in [-0.4, -0.2) is 33.0 Å². The van der Waals surface area contributed by atoms with Crippen molar-refractivity contribution >= 4 is 18.0 Å². The van der Waals surface area contributed by atoms with Crippen LogP contribution in [0.15, 0.2) is 80.7 Å². The van der Waals surface area contributed by atoms with Crippen molar-refractivity contribution in [3.8, 4) is 5.75 Å². The number of rotatable bonds is 8. The first kappa shape index (κ1) is 22.1. The molecule has 0 spiro atoms. The lowest BCUT2D eigenvalue weighted by atomic mass is 9.88. The molecule has 2 aromatic heterocycles. The Kier molecular flexibility index (Phi) is 6.37. The normalized spacial score (nSPS) is 17.4. The van der Waals surface area contributed by atoms with Gasteiger partial charge in [-0.15, -0.1) is 0 Å². The summed E-state index contributed by atoms with van der Waals surface area (Å²) in [5.41, 5.74) is 1.71. The van der Waals surface area contributed by atoms with Crippen LogP contribution in [0.1, 0.15) is 31.1 Å². The minimum atomic E-state index is -0.432. The van der Waals surface area contributed by atoms with Crippen LogP contribution < -0.4 is 10.4 Å². The molecule has 0 fully saturated rings. The molecule has 0 amide bonds. The van der Waals surface area contributed by atoms with Crippen molar-refractivity contribution in [2.75, 3.05) is 7.11 Å². The predicted molar refractivity (Wildman–Crippen MR) is 129 cm³/mol. The van der Waals surface area contributed by atoms with Crippen molar-refractivity contribution < 1.29 is 4.74 Å². The molecular weight excluding hydrogens is 420 g/mol. The summed E-state index contributed by atoms with van der Waals surface area (Å²) >= 11 is 1.60. The molecule has 4 rings (SSSR count). The number of aliphatic imine (C=N–C) groups is 1. The SMILES string of the molecule is COc1cccc(Sc2c(CC3(Cc4ccncc4)C=CC=N3)n(C)c(=O)n2C(C)C)c1. The number of ether oxygens (including phenoxy) is 1. The lowest BCUT2D eigenvalue weighted by Crippen LogP contribution is -2.30. The van der Waals surface area contributed by atoms with E-state index in [2.05, 4.69) is 11.1 Å². The molecule has 1 aliphatic rings. The predicted octanol–water partition coefficient (Wildman–Crippen LogP) is 4.49. The van der Waals surface area contributed by atoms with Crippen LogP contribution in [0.4, 0.5) is 0 Å². The van der Waals surface area contributed by atoms with Gasteiger partial charge in [0.1, 0.15) is 10.8 Å². The van der Waals surface area contributed by atoms with E-state index in [4.69, 9.17) is 9.73 Å². The van der Waals surface area contributed by atoms with Gasteiger partial charge in [-0.05, 0) is 55.8 Å². The average molecular weight is 449 g/mol. The number of hydrogen-bond acceptors (Lipinski definition) is 5. The highest BCUT2D eigenvalue weighted by atomic mass is 32.2. The molecule has 1 aliphatic heterocycles. The maximum Gasteiger partial charge on any atom is 0.329 e. The Bertz CT molecular complexity index is 1200. The van der Waals surface area contributed by atoms with Crippen molar-refractivity contribution in [1.82, 2.24) is 14.1 Å². The maximum atomic E-state index is 13.2. The molecule has 3 heterocycles. The highest BCUT2D eigenvalue weighted by molar-refractivity contribution is 7.99. The van der Waals surface area contributed by atoms with Crippen LogP contribution in [0.2, 0.25) is 0 Å². The van der Waals surface area contributed by atoms with Crippen LogP contribution in [0.5, 0.6) is 5.75 Å². The Hall–Kier alpha value is -3.06. The fourth-order valence-corrected chi connectivity index (χ4v) is 5.31. The number of aromatic nitrogens is 3. The second kappa shape index (κ2) is 9.20. The number of nitrogens with zero attached hydrogens (tertiary/aromatic N) is 4. The molecule has 1 aromatic carbocycles. The van der Waals surface area contributed by atoms with Gasteiger partial charge in [-0.1, -0.05) is 23.9 Å². The van der Waals surface area contributed by atoms with Crippen LogP contribution in [0, 0.1) is 0 Å². The molecule has 166 valence electrons. The number of allylic oxidation sites excluding steroid dienone is 1. The van der Waals surface area contributed by atoms with Crippen LogP contribution in [-0.2, 0) is 19.9 Å². The molecule has 0 aliphatic carbocycles. The Labute approximate surface area is 192 Å². The molecule has 1 unspecified atom stereocenters. The molecule has 0 saturated carbocycles. The van der Waals surface area contributed by atoms with E-state index >= 15 is 0 Å². The van der Waals surface area contributed by atoms with Crippen molar-refractivity contribution in [3.05, 3.63) is 82.7 Å². The van der Waals surface area contributed by atoms with Gasteiger partial charge in [-0.2, -0.15) is 0 Å². The first-order valence-electron chi connectivity index (χ1n) is 10.7. The van der Waals surface area contributed by atoms with Gasteiger partial charge in [0.15, 0.2) is 0 Å². The summed E-state index contributed by atoms with van der Waals surface area (Å²) in [6, 6.07) is 12.0. The Balaban J connectivity index is 1.77. The van der Waals surface area contributed by atoms with Gasteiger partial charge in [0.05, 0.1) is 18.3 Å². The largest absolute Gasteiger partial charge is 0.497 e. The lowest BCUT2D eigenvalue weighted by Gasteiger charge is -2.25. The molecule has 6 nitrogen and oxygen atoms in total. The molecule has 0 saturated heterocycles. The van der Waals surface area contributed by atoms with Crippen molar-refractivity contribution in [3.63, 3.8) is 0 Å². The fraction of sp³-hybridized carbons (Fsp3) is 0.320. The zero-order valence-corrected chi connectivity index (χ0v) is 19.7. The summed E-state index contributed by atoms with van der Waals surface area (Å²) in [4.78, 5) is 23.2. The highest BCUT2D eigenvalue weighted by Crippen LogP contribution is 2.36. The summed E-state index contributed by atoms with van der Waals surface area (Å²) in [7, 11) is 3.52. The average Bonchev–Trinajstić information content (AvgIpc) is 3.33. The Morgan fingerprint density at radius 2 is 1.94 bits per heavy atom. The first-order chi connectivity index (χ1) is 15.4. The van der Waals surface area contributed by atoms with E-state index in [0.29, 0.717) is 6.42 Å². The van der Waals surface area contributed by atoms with Gasteiger partial charge in [-0.3, -0.25) is 19.1 Å². The van der Waals surface area contributed by atoms with E-state index in [1.807, 2.05) is 74.2 Å². The lowest BCUT2D eigenvalue weighted by molar-refractivity contribution is 0.413. The number of hydrogen-bond donors (Lipinski definition) is 0. The zero-order valence-electron chi connectivity index (χ0n) is 18.9. The number of benzene rings is 1. The van der Waals surface area contributed by atoms with E-state index in [9.17, 15) is 4.79 Å². The van der Waals surface area contributed by atoms with Crippen LogP contribution in [0.3, 0.4) is 0 Å². The maximum absolute atomic E-state index is 13.2. The number of methoxy groups -OCH3 is 1. The van der Waals surface area contributed by atoms with Gasteiger partial charge >= 0.3 is 5.69 Å². The molecular formula is C25H28N4O2S. The van der Waals surface area contributed by atoms with E-state index in [-0.39, 0.29) is 11.7 Å². The van der Waals surface area contributed by atoms with Crippen LogP contribution in [0.25, 0.3) is 0 Å². The third-order valence-electron chi connectivity index (χ3n) is 5.69. The topological polar surface area (TPSA) is 61.4 Å². The fourth-order valence-electron chi connectivity index (χ4n) is 4.05. The van der Waals surface area contributed by atoms with Gasteiger partial charge in [-0.25, -0.2) is 4.79 Å². The van der Waals surface area contributed by atoms with Gasteiger partial charge in [0.25, 0.3) is 0 Å². The van der Waals surface area contributed by atoms with E-state index in [0.717, 1.165) is 27.8 Å². The standard InChI is InChI=1S/C25H28N4O2S/c1-18(2)29-23(32-21-8-5-7-20(15-21)31-4)22(28(3)24(29)30)17-25(11-6-12-27-25)16-19-9-13-26-14-10-19/h5-15,18H,16-17H2,1-4H3. The minimum Gasteiger partial charge on any atom is -0.497 e. The van der Waals surface area contributed by atoms with E-state index in [1.165, 1.54) is 5.56 Å². The summed E-state index contributed by atoms with van der Waals surface area (Å²) in [5, 5.41) is 0.949. The molecule has 0 bridgehead atoms. The number of imidazole rings is 1. The summed E-state index contributed by atoms with van der Waals surface area (Å²) < 4.78 is 9.05. The second-order valence-corrected chi connectivity index (χ2v) is 9.35. The highest BCUT2D eigenvalue weighted by Gasteiger charge is 2.33. The molecule has 0 radical (unpaired) electrons. The Morgan fingerprint density at radius 1 is 1.16 bits per heavy atom. The van der Waals surface area contributed by atoms with Crippen molar-refractivity contribution in [1.29, 1.82) is 0 Å². The first-order valence-corrected chi connectivity index (χ1v) is 11.5. The molecule has 32 heavy (non-hydrogen) atoms. The number of pyridine rings is 1. The van der Waals surface area contributed by atoms with Gasteiger partial charge in [0, 0.05) is 49.4 Å². The van der Waals surface area contributed by atoms with Crippen LogP contribution >= 0.6 is 11.8 Å².